The van der Waals surface area contributed by atoms with Gasteiger partial charge >= 0.3 is 0 Å². The number of nitrogens with one attached hydrogen (secondary N) is 1. The molecule has 0 bridgehead atoms. The molecule has 0 fully saturated rings. The summed E-state index contributed by atoms with van der Waals surface area (Å²) in [7, 11) is 0. The van der Waals surface area contributed by atoms with Crippen molar-refractivity contribution < 1.29 is 4.79 Å². The lowest BCUT2D eigenvalue weighted by molar-refractivity contribution is 0.102. The average molecular weight is 333 g/mol. The standard InChI is InChI=1S/C15H13ClN4OS/c1-2-4-12-19-20-15(22-12)18-14(21)11-8-10(16)7-9-5-3-6-17-13(9)11/h3,5-8H,2,4H2,1H3,(H,18,20,21). The van der Waals surface area contributed by atoms with Gasteiger partial charge in [-0.15, -0.1) is 10.2 Å². The minimum atomic E-state index is -0.287. The van der Waals surface area contributed by atoms with E-state index in [0.29, 0.717) is 21.2 Å². The van der Waals surface area contributed by atoms with E-state index < -0.39 is 0 Å². The maximum atomic E-state index is 12.5. The van der Waals surface area contributed by atoms with Gasteiger partial charge in [0.1, 0.15) is 5.01 Å². The van der Waals surface area contributed by atoms with Gasteiger partial charge in [0, 0.05) is 23.0 Å². The smallest absolute Gasteiger partial charge is 0.259 e. The number of carbonyl (C=O) groups excluding carboxylic acids is 1. The molecular formula is C15H13ClN4OS. The second kappa shape index (κ2) is 6.37. The molecule has 0 aliphatic heterocycles. The number of aryl methyl sites for hydroxylation is 1. The number of nitrogens with zero attached hydrogens (tertiary/aromatic N) is 3. The highest BCUT2D eigenvalue weighted by Crippen LogP contribution is 2.24. The van der Waals surface area contributed by atoms with Crippen molar-refractivity contribution in [1.82, 2.24) is 15.2 Å². The zero-order valence-corrected chi connectivity index (χ0v) is 13.4. The van der Waals surface area contributed by atoms with E-state index >= 15 is 0 Å². The first-order valence-electron chi connectivity index (χ1n) is 6.85. The average Bonchev–Trinajstić information content (AvgIpc) is 2.94. The summed E-state index contributed by atoms with van der Waals surface area (Å²) < 4.78 is 0. The van der Waals surface area contributed by atoms with Gasteiger partial charge in [0.05, 0.1) is 11.1 Å². The third-order valence-corrected chi connectivity index (χ3v) is 4.18. The second-order valence-electron chi connectivity index (χ2n) is 4.73. The minimum absolute atomic E-state index is 0.287. The number of hydrogen-bond acceptors (Lipinski definition) is 5. The summed E-state index contributed by atoms with van der Waals surface area (Å²) in [5.41, 5.74) is 1.04. The molecule has 1 aromatic carbocycles. The number of anilines is 1. The van der Waals surface area contributed by atoms with Gasteiger partial charge in [-0.3, -0.25) is 15.1 Å². The fraction of sp³-hybridized carbons (Fsp3) is 0.200. The van der Waals surface area contributed by atoms with E-state index in [1.54, 1.807) is 18.3 Å². The molecule has 0 spiro atoms. The maximum absolute atomic E-state index is 12.5. The first kappa shape index (κ1) is 14.9. The van der Waals surface area contributed by atoms with E-state index in [1.165, 1.54) is 11.3 Å². The van der Waals surface area contributed by atoms with Crippen molar-refractivity contribution in [2.24, 2.45) is 0 Å². The molecule has 2 heterocycles. The lowest BCUT2D eigenvalue weighted by Gasteiger charge is -2.06. The Morgan fingerprint density at radius 3 is 3.05 bits per heavy atom. The summed E-state index contributed by atoms with van der Waals surface area (Å²) >= 11 is 7.47. The fourth-order valence-corrected chi connectivity index (χ4v) is 3.18. The summed E-state index contributed by atoms with van der Waals surface area (Å²) in [6.07, 6.45) is 3.50. The third-order valence-electron chi connectivity index (χ3n) is 3.07. The monoisotopic (exact) mass is 332 g/mol. The highest BCUT2D eigenvalue weighted by atomic mass is 35.5. The summed E-state index contributed by atoms with van der Waals surface area (Å²) in [5.74, 6) is -0.287. The molecule has 0 saturated carbocycles. The van der Waals surface area contributed by atoms with Gasteiger partial charge in [-0.25, -0.2) is 0 Å². The van der Waals surface area contributed by atoms with Crippen molar-refractivity contribution in [3.8, 4) is 0 Å². The van der Waals surface area contributed by atoms with Crippen molar-refractivity contribution in [3.63, 3.8) is 0 Å². The Hall–Kier alpha value is -2.05. The minimum Gasteiger partial charge on any atom is -0.296 e. The molecule has 22 heavy (non-hydrogen) atoms. The number of pyridine rings is 1. The van der Waals surface area contributed by atoms with E-state index in [-0.39, 0.29) is 5.91 Å². The quantitative estimate of drug-likeness (QED) is 0.785. The van der Waals surface area contributed by atoms with Gasteiger partial charge in [0.15, 0.2) is 0 Å². The highest BCUT2D eigenvalue weighted by Gasteiger charge is 2.15. The SMILES string of the molecule is CCCc1nnc(NC(=O)c2cc(Cl)cc3cccnc23)s1. The van der Waals surface area contributed by atoms with Gasteiger partial charge in [0.25, 0.3) is 5.91 Å². The number of halogens is 1. The van der Waals surface area contributed by atoms with Crippen LogP contribution in [-0.2, 0) is 6.42 Å². The van der Waals surface area contributed by atoms with Crippen LogP contribution >= 0.6 is 22.9 Å². The highest BCUT2D eigenvalue weighted by molar-refractivity contribution is 7.15. The van der Waals surface area contributed by atoms with Crippen molar-refractivity contribution in [2.45, 2.75) is 19.8 Å². The molecule has 112 valence electrons. The van der Waals surface area contributed by atoms with Gasteiger partial charge in [-0.2, -0.15) is 0 Å². The summed E-state index contributed by atoms with van der Waals surface area (Å²) in [5, 5.41) is 13.5. The molecule has 7 heteroatoms. The molecular weight excluding hydrogens is 320 g/mol. The second-order valence-corrected chi connectivity index (χ2v) is 6.23. The number of benzene rings is 1. The molecule has 0 atom stereocenters. The van der Waals surface area contributed by atoms with Crippen LogP contribution in [0.25, 0.3) is 10.9 Å². The lowest BCUT2D eigenvalue weighted by Crippen LogP contribution is -2.12. The van der Waals surface area contributed by atoms with Gasteiger partial charge in [0.2, 0.25) is 5.13 Å². The number of rotatable bonds is 4. The number of aromatic nitrogens is 3. The molecule has 5 nitrogen and oxygen atoms in total. The molecule has 0 unspecified atom stereocenters. The molecule has 1 N–H and O–H groups in total. The first-order valence-corrected chi connectivity index (χ1v) is 8.05. The van der Waals surface area contributed by atoms with E-state index in [1.807, 2.05) is 12.1 Å². The maximum Gasteiger partial charge on any atom is 0.259 e. The zero-order chi connectivity index (χ0) is 15.5. The molecule has 3 aromatic rings. The fourth-order valence-electron chi connectivity index (χ4n) is 2.11. The summed E-state index contributed by atoms with van der Waals surface area (Å²) in [6.45, 7) is 2.07. The number of amides is 1. The zero-order valence-electron chi connectivity index (χ0n) is 11.8. The third kappa shape index (κ3) is 3.08. The number of hydrogen-bond donors (Lipinski definition) is 1. The molecule has 3 rings (SSSR count). The van der Waals surface area contributed by atoms with Gasteiger partial charge < -0.3 is 0 Å². The van der Waals surface area contributed by atoms with Crippen LogP contribution in [0.2, 0.25) is 5.02 Å². The summed E-state index contributed by atoms with van der Waals surface area (Å²) in [4.78, 5) is 16.7. The number of carbonyl (C=O) groups is 1. The molecule has 0 aliphatic rings. The van der Waals surface area contributed by atoms with Gasteiger partial charge in [-0.1, -0.05) is 35.9 Å². The normalized spacial score (nSPS) is 10.8. The van der Waals surface area contributed by atoms with E-state index in [9.17, 15) is 4.79 Å². The Morgan fingerprint density at radius 1 is 1.36 bits per heavy atom. The van der Waals surface area contributed by atoms with Crippen LogP contribution < -0.4 is 5.32 Å². The van der Waals surface area contributed by atoms with Crippen LogP contribution in [0, 0.1) is 0 Å². The summed E-state index contributed by atoms with van der Waals surface area (Å²) in [6, 6.07) is 7.07. The van der Waals surface area contributed by atoms with Crippen LogP contribution in [0.1, 0.15) is 28.7 Å². The van der Waals surface area contributed by atoms with Crippen molar-refractivity contribution >= 4 is 44.9 Å². The largest absolute Gasteiger partial charge is 0.296 e. The number of fused-ring (bicyclic) bond motifs is 1. The van der Waals surface area contributed by atoms with Gasteiger partial charge in [-0.05, 0) is 24.6 Å². The van der Waals surface area contributed by atoms with Crippen LogP contribution in [0.5, 0.6) is 0 Å². The van der Waals surface area contributed by atoms with Crippen LogP contribution in [0.3, 0.4) is 0 Å². The molecule has 2 aromatic heterocycles. The van der Waals surface area contributed by atoms with Crippen LogP contribution in [0.4, 0.5) is 5.13 Å². The molecule has 0 saturated heterocycles. The van der Waals surface area contributed by atoms with Crippen molar-refractivity contribution in [2.75, 3.05) is 5.32 Å². The van der Waals surface area contributed by atoms with Crippen LogP contribution in [-0.4, -0.2) is 21.1 Å². The first-order chi connectivity index (χ1) is 10.7. The van der Waals surface area contributed by atoms with E-state index in [4.69, 9.17) is 11.6 Å². The van der Waals surface area contributed by atoms with E-state index in [0.717, 1.165) is 23.2 Å². The van der Waals surface area contributed by atoms with E-state index in [2.05, 4.69) is 27.4 Å². The molecule has 1 amide bonds. The Labute approximate surface area is 136 Å². The molecule has 0 radical (unpaired) electrons. The molecule has 0 aliphatic carbocycles. The van der Waals surface area contributed by atoms with Crippen molar-refractivity contribution in [1.29, 1.82) is 0 Å². The predicted octanol–water partition coefficient (Wildman–Crippen LogP) is 3.94. The Bertz CT molecular complexity index is 833. The Kier molecular flexibility index (Phi) is 4.31. The van der Waals surface area contributed by atoms with Crippen molar-refractivity contribution in [3.05, 3.63) is 46.1 Å². The lowest BCUT2D eigenvalue weighted by atomic mass is 10.1. The topological polar surface area (TPSA) is 67.8 Å². The Balaban J connectivity index is 1.91. The van der Waals surface area contributed by atoms with Crippen LogP contribution in [0.15, 0.2) is 30.5 Å². The Morgan fingerprint density at radius 2 is 2.23 bits per heavy atom. The predicted molar refractivity (Wildman–Crippen MR) is 88.6 cm³/mol.